The molecule has 5 heteroatoms. The van der Waals surface area contributed by atoms with E-state index in [4.69, 9.17) is 4.74 Å². The summed E-state index contributed by atoms with van der Waals surface area (Å²) >= 11 is 1.63. The molecule has 0 saturated carbocycles. The van der Waals surface area contributed by atoms with Crippen LogP contribution in [0.1, 0.15) is 11.3 Å². The smallest absolute Gasteiger partial charge is 0.227 e. The summed E-state index contributed by atoms with van der Waals surface area (Å²) in [6.45, 7) is 1.45. The molecule has 0 N–H and O–H groups in total. The summed E-state index contributed by atoms with van der Waals surface area (Å²) in [7, 11) is 0. The van der Waals surface area contributed by atoms with Gasteiger partial charge in [-0.05, 0) is 23.6 Å². The normalized spacial score (nSPS) is 18.2. The van der Waals surface area contributed by atoms with E-state index in [1.54, 1.807) is 23.7 Å². The van der Waals surface area contributed by atoms with E-state index in [1.807, 2.05) is 34.5 Å². The first-order valence-electron chi connectivity index (χ1n) is 6.68. The average Bonchev–Trinajstić information content (AvgIpc) is 3.11. The first-order chi connectivity index (χ1) is 9.81. The van der Waals surface area contributed by atoms with Crippen molar-refractivity contribution < 1.29 is 9.53 Å². The maximum Gasteiger partial charge on any atom is 0.227 e. The van der Waals surface area contributed by atoms with Gasteiger partial charge in [-0.1, -0.05) is 6.07 Å². The number of aromatic nitrogens is 1. The molecule has 1 amide bonds. The Balaban J connectivity index is 1.53. The molecule has 2 aromatic rings. The molecule has 1 aliphatic rings. The van der Waals surface area contributed by atoms with Gasteiger partial charge in [0, 0.05) is 30.2 Å². The Morgan fingerprint density at radius 1 is 1.40 bits per heavy atom. The van der Waals surface area contributed by atoms with Crippen LogP contribution in [0.3, 0.4) is 0 Å². The SMILES string of the molecule is O=C(Cc1cccs1)N1CC[C@@H](Oc2ccncc2)C1. The second-order valence-electron chi connectivity index (χ2n) is 4.81. The third-order valence-electron chi connectivity index (χ3n) is 3.36. The van der Waals surface area contributed by atoms with Crippen LogP contribution in [0.4, 0.5) is 0 Å². The van der Waals surface area contributed by atoms with Gasteiger partial charge in [0.25, 0.3) is 0 Å². The van der Waals surface area contributed by atoms with Crippen LogP contribution in [-0.2, 0) is 11.2 Å². The van der Waals surface area contributed by atoms with E-state index in [-0.39, 0.29) is 12.0 Å². The van der Waals surface area contributed by atoms with Gasteiger partial charge < -0.3 is 9.64 Å². The highest BCUT2D eigenvalue weighted by atomic mass is 32.1. The number of carbonyl (C=O) groups excluding carboxylic acids is 1. The minimum atomic E-state index is 0.0877. The number of hydrogen-bond acceptors (Lipinski definition) is 4. The summed E-state index contributed by atoms with van der Waals surface area (Å²) in [6.07, 6.45) is 4.90. The molecule has 1 atom stereocenters. The summed E-state index contributed by atoms with van der Waals surface area (Å²) in [6, 6.07) is 7.67. The molecule has 0 bridgehead atoms. The van der Waals surface area contributed by atoms with Crippen molar-refractivity contribution >= 4 is 17.2 Å². The van der Waals surface area contributed by atoms with Crippen molar-refractivity contribution in [1.82, 2.24) is 9.88 Å². The molecule has 104 valence electrons. The number of carbonyl (C=O) groups is 1. The van der Waals surface area contributed by atoms with Crippen LogP contribution in [-0.4, -0.2) is 35.0 Å². The summed E-state index contributed by atoms with van der Waals surface area (Å²) < 4.78 is 5.86. The lowest BCUT2D eigenvalue weighted by molar-refractivity contribution is -0.129. The number of hydrogen-bond donors (Lipinski definition) is 0. The van der Waals surface area contributed by atoms with Crippen LogP contribution in [0, 0.1) is 0 Å². The monoisotopic (exact) mass is 288 g/mol. The molecule has 20 heavy (non-hydrogen) atoms. The van der Waals surface area contributed by atoms with Gasteiger partial charge in [-0.2, -0.15) is 0 Å². The molecule has 1 aliphatic heterocycles. The molecule has 3 heterocycles. The molecule has 2 aromatic heterocycles. The lowest BCUT2D eigenvalue weighted by atomic mass is 10.3. The molecule has 3 rings (SSSR count). The van der Waals surface area contributed by atoms with Gasteiger partial charge in [-0.3, -0.25) is 9.78 Å². The third kappa shape index (κ3) is 3.17. The fourth-order valence-corrected chi connectivity index (χ4v) is 3.03. The lowest BCUT2D eigenvalue weighted by Crippen LogP contribution is -2.31. The number of nitrogens with zero attached hydrogens (tertiary/aromatic N) is 2. The van der Waals surface area contributed by atoms with Crippen molar-refractivity contribution in [2.45, 2.75) is 18.9 Å². The Morgan fingerprint density at radius 3 is 3.00 bits per heavy atom. The Hall–Kier alpha value is -1.88. The number of likely N-dealkylation sites (tertiary alicyclic amines) is 1. The highest BCUT2D eigenvalue weighted by Gasteiger charge is 2.27. The van der Waals surface area contributed by atoms with E-state index < -0.39 is 0 Å². The van der Waals surface area contributed by atoms with Gasteiger partial charge in [-0.25, -0.2) is 0 Å². The van der Waals surface area contributed by atoms with Crippen LogP contribution < -0.4 is 4.74 Å². The van der Waals surface area contributed by atoms with E-state index in [0.29, 0.717) is 13.0 Å². The van der Waals surface area contributed by atoms with E-state index in [9.17, 15) is 4.79 Å². The number of thiophene rings is 1. The fraction of sp³-hybridized carbons (Fsp3) is 0.333. The van der Waals surface area contributed by atoms with Crippen LogP contribution in [0.2, 0.25) is 0 Å². The molecule has 0 unspecified atom stereocenters. The first-order valence-corrected chi connectivity index (χ1v) is 7.56. The number of pyridine rings is 1. The quantitative estimate of drug-likeness (QED) is 0.867. The second-order valence-corrected chi connectivity index (χ2v) is 5.84. The van der Waals surface area contributed by atoms with Gasteiger partial charge in [-0.15, -0.1) is 11.3 Å². The summed E-state index contributed by atoms with van der Waals surface area (Å²) in [5, 5.41) is 2.00. The van der Waals surface area contributed by atoms with Gasteiger partial charge in [0.15, 0.2) is 0 Å². The molecule has 4 nitrogen and oxygen atoms in total. The average molecular weight is 288 g/mol. The van der Waals surface area contributed by atoms with Crippen LogP contribution >= 0.6 is 11.3 Å². The van der Waals surface area contributed by atoms with Gasteiger partial charge in [0.05, 0.1) is 13.0 Å². The van der Waals surface area contributed by atoms with Crippen LogP contribution in [0.5, 0.6) is 5.75 Å². The first kappa shape index (κ1) is 13.1. The molecular weight excluding hydrogens is 272 g/mol. The number of amides is 1. The second kappa shape index (κ2) is 6.05. The third-order valence-corrected chi connectivity index (χ3v) is 4.23. The maximum absolute atomic E-state index is 12.2. The number of rotatable bonds is 4. The van der Waals surface area contributed by atoms with E-state index in [0.717, 1.165) is 23.6 Å². The zero-order valence-corrected chi connectivity index (χ0v) is 11.9. The standard InChI is InChI=1S/C15H16N2O2S/c18-15(10-14-2-1-9-20-14)17-8-5-13(11-17)19-12-3-6-16-7-4-12/h1-4,6-7,9,13H,5,8,10-11H2/t13-/m1/s1. The molecule has 0 radical (unpaired) electrons. The Labute approximate surface area is 122 Å². The van der Waals surface area contributed by atoms with Crippen molar-refractivity contribution in [1.29, 1.82) is 0 Å². The van der Waals surface area contributed by atoms with Crippen molar-refractivity contribution in [2.24, 2.45) is 0 Å². The van der Waals surface area contributed by atoms with E-state index in [2.05, 4.69) is 4.98 Å². The summed E-state index contributed by atoms with van der Waals surface area (Å²) in [5.41, 5.74) is 0. The minimum absolute atomic E-state index is 0.0877. The molecule has 1 fully saturated rings. The Kier molecular flexibility index (Phi) is 3.97. The minimum Gasteiger partial charge on any atom is -0.488 e. The molecular formula is C15H16N2O2S. The molecule has 0 spiro atoms. The van der Waals surface area contributed by atoms with Crippen molar-refractivity contribution in [2.75, 3.05) is 13.1 Å². The topological polar surface area (TPSA) is 42.4 Å². The fourth-order valence-electron chi connectivity index (χ4n) is 2.33. The van der Waals surface area contributed by atoms with Gasteiger partial charge in [0.2, 0.25) is 5.91 Å². The summed E-state index contributed by atoms with van der Waals surface area (Å²) in [5.74, 6) is 1.01. The molecule has 1 saturated heterocycles. The molecule has 0 aromatic carbocycles. The summed E-state index contributed by atoms with van der Waals surface area (Å²) in [4.78, 5) is 19.2. The van der Waals surface area contributed by atoms with Crippen molar-refractivity contribution in [3.05, 3.63) is 46.9 Å². The predicted octanol–water partition coefficient (Wildman–Crippen LogP) is 2.37. The van der Waals surface area contributed by atoms with Crippen LogP contribution in [0.25, 0.3) is 0 Å². The Morgan fingerprint density at radius 2 is 2.25 bits per heavy atom. The van der Waals surface area contributed by atoms with Gasteiger partial charge in [0.1, 0.15) is 11.9 Å². The highest BCUT2D eigenvalue weighted by molar-refractivity contribution is 7.10. The van der Waals surface area contributed by atoms with E-state index >= 15 is 0 Å². The maximum atomic E-state index is 12.2. The van der Waals surface area contributed by atoms with Crippen molar-refractivity contribution in [3.63, 3.8) is 0 Å². The highest BCUT2D eigenvalue weighted by Crippen LogP contribution is 2.19. The predicted molar refractivity (Wildman–Crippen MR) is 77.9 cm³/mol. The zero-order chi connectivity index (χ0) is 13.8. The zero-order valence-electron chi connectivity index (χ0n) is 11.1. The molecule has 0 aliphatic carbocycles. The number of ether oxygens (including phenoxy) is 1. The van der Waals surface area contributed by atoms with Gasteiger partial charge >= 0.3 is 0 Å². The lowest BCUT2D eigenvalue weighted by Gasteiger charge is -2.17. The van der Waals surface area contributed by atoms with E-state index in [1.165, 1.54) is 0 Å². The Bertz CT molecular complexity index is 557. The largest absolute Gasteiger partial charge is 0.488 e. The van der Waals surface area contributed by atoms with Crippen LogP contribution in [0.15, 0.2) is 42.0 Å². The van der Waals surface area contributed by atoms with Crippen molar-refractivity contribution in [3.8, 4) is 5.75 Å².